The van der Waals surface area contributed by atoms with Gasteiger partial charge in [-0.15, -0.1) is 0 Å². The molecule has 4 nitrogen and oxygen atoms in total. The third-order valence-electron chi connectivity index (χ3n) is 10.8. The highest BCUT2D eigenvalue weighted by atomic mass is 16.5. The van der Waals surface area contributed by atoms with Crippen molar-refractivity contribution in [3.8, 4) is 0 Å². The van der Waals surface area contributed by atoms with Gasteiger partial charge in [0, 0.05) is 36.9 Å². The molecule has 2 aromatic rings. The molecule has 6 atom stereocenters. The molecule has 4 heteroatoms. The van der Waals surface area contributed by atoms with Gasteiger partial charge in [0.25, 0.3) is 0 Å². The van der Waals surface area contributed by atoms with Crippen LogP contribution in [0.3, 0.4) is 0 Å². The Morgan fingerprint density at radius 2 is 1.71 bits per heavy atom. The van der Waals surface area contributed by atoms with Gasteiger partial charge in [-0.25, -0.2) is 0 Å². The number of ether oxygens (including phenoxy) is 2. The van der Waals surface area contributed by atoms with Crippen LogP contribution in [-0.2, 0) is 9.47 Å². The predicted molar refractivity (Wildman–Crippen MR) is 166 cm³/mol. The van der Waals surface area contributed by atoms with E-state index in [1.165, 1.54) is 24.0 Å². The van der Waals surface area contributed by atoms with Gasteiger partial charge in [-0.1, -0.05) is 74.4 Å². The number of allylic oxidation sites excluding steroid dienone is 2. The smallest absolute Gasteiger partial charge is 0.0597 e. The molecule has 2 saturated carbocycles. The number of pyridine rings is 1. The molecule has 6 rings (SSSR count). The number of nitrogens with zero attached hydrogens (tertiary/aromatic N) is 1. The fourth-order valence-corrected chi connectivity index (χ4v) is 8.67. The molecule has 0 radical (unpaired) electrons. The zero-order valence-electron chi connectivity index (χ0n) is 25.4. The second kappa shape index (κ2) is 12.1. The number of benzene rings is 1. The summed E-state index contributed by atoms with van der Waals surface area (Å²) in [6, 6.07) is 13.3. The maximum absolute atomic E-state index is 11.3. The Hall–Kier alpha value is -2.27. The average molecular weight is 556 g/mol. The fourth-order valence-electron chi connectivity index (χ4n) is 8.67. The lowest BCUT2D eigenvalue weighted by atomic mass is 9.52. The summed E-state index contributed by atoms with van der Waals surface area (Å²) in [7, 11) is 0. The van der Waals surface area contributed by atoms with Crippen molar-refractivity contribution in [3.05, 3.63) is 76.6 Å². The van der Waals surface area contributed by atoms with Crippen molar-refractivity contribution in [2.45, 2.75) is 84.2 Å². The van der Waals surface area contributed by atoms with Crippen molar-refractivity contribution in [1.29, 1.82) is 0 Å². The Morgan fingerprint density at radius 1 is 0.902 bits per heavy atom. The summed E-state index contributed by atoms with van der Waals surface area (Å²) in [4.78, 5) is 4.26. The van der Waals surface area contributed by atoms with Gasteiger partial charge < -0.3 is 14.6 Å². The molecule has 2 heterocycles. The summed E-state index contributed by atoms with van der Waals surface area (Å²) in [5.74, 6) is 2.11. The number of fused-ring (bicyclic) bond motifs is 4. The van der Waals surface area contributed by atoms with Crippen molar-refractivity contribution in [3.63, 3.8) is 0 Å². The number of hydrogen-bond acceptors (Lipinski definition) is 4. The van der Waals surface area contributed by atoms with E-state index in [9.17, 15) is 5.11 Å². The first-order chi connectivity index (χ1) is 19.8. The summed E-state index contributed by atoms with van der Waals surface area (Å²) >= 11 is 0. The molecular weight excluding hydrogens is 506 g/mol. The van der Waals surface area contributed by atoms with Crippen LogP contribution >= 0.6 is 0 Å². The molecule has 1 aromatic carbocycles. The normalized spacial score (nSPS) is 34.3. The lowest BCUT2D eigenvalue weighted by molar-refractivity contribution is -0.0144. The Kier molecular flexibility index (Phi) is 8.54. The molecule has 3 aliphatic carbocycles. The number of hydrogen-bond donors (Lipinski definition) is 1. The zero-order valence-corrected chi connectivity index (χ0v) is 25.4. The summed E-state index contributed by atoms with van der Waals surface area (Å²) in [5, 5.41) is 11.3. The van der Waals surface area contributed by atoms with Gasteiger partial charge in [-0.2, -0.15) is 0 Å². The van der Waals surface area contributed by atoms with Crippen LogP contribution in [0.25, 0.3) is 12.2 Å². The summed E-state index contributed by atoms with van der Waals surface area (Å²) in [6.45, 7) is 10.0. The molecule has 1 aliphatic heterocycles. The van der Waals surface area contributed by atoms with Gasteiger partial charge in [0.2, 0.25) is 0 Å². The molecule has 41 heavy (non-hydrogen) atoms. The maximum atomic E-state index is 11.3. The average Bonchev–Trinajstić information content (AvgIpc) is 3.27. The number of aliphatic hydroxyl groups excluding tert-OH is 1. The van der Waals surface area contributed by atoms with Crippen molar-refractivity contribution in [1.82, 2.24) is 4.98 Å². The fraction of sp³-hybridized carbons (Fsp3) is 0.595. The zero-order chi connectivity index (χ0) is 28.5. The molecule has 6 unspecified atom stereocenters. The standard InChI is InChI=1S/C37H49NO3/c1-36(2)24-40-19-6-10-30-28(17-20-41-25-36)13-14-31-33-15-16-34(39)37(33,3)22-32(35(30)31)29-9-4-7-26(21-29)11-12-27-8-5-18-38-23-27/h4-5,7-9,11-12,18,21,23,28,31-34,39H,6,10,13-17,19-20,22,24-25H2,1-3H3/b12-11+. The maximum Gasteiger partial charge on any atom is 0.0597 e. The minimum atomic E-state index is -0.200. The first-order valence-corrected chi connectivity index (χ1v) is 16.1. The van der Waals surface area contributed by atoms with Crippen LogP contribution in [0.4, 0.5) is 0 Å². The van der Waals surface area contributed by atoms with E-state index in [2.05, 4.69) is 68.2 Å². The first-order valence-electron chi connectivity index (χ1n) is 16.1. The first kappa shape index (κ1) is 28.8. The largest absolute Gasteiger partial charge is 0.393 e. The second-order valence-corrected chi connectivity index (χ2v) is 14.3. The van der Waals surface area contributed by atoms with E-state index in [1.807, 2.05) is 18.5 Å². The molecule has 4 aliphatic rings. The minimum Gasteiger partial charge on any atom is -0.393 e. The lowest BCUT2D eigenvalue weighted by Crippen LogP contribution is -2.45. The summed E-state index contributed by atoms with van der Waals surface area (Å²) < 4.78 is 12.4. The van der Waals surface area contributed by atoms with E-state index in [0.29, 0.717) is 23.7 Å². The van der Waals surface area contributed by atoms with Gasteiger partial charge in [0.05, 0.1) is 19.3 Å². The van der Waals surface area contributed by atoms with Crippen molar-refractivity contribution >= 4 is 12.2 Å². The predicted octanol–water partition coefficient (Wildman–Crippen LogP) is 8.08. The highest BCUT2D eigenvalue weighted by Gasteiger charge is 2.56. The van der Waals surface area contributed by atoms with E-state index in [0.717, 1.165) is 70.5 Å². The van der Waals surface area contributed by atoms with Gasteiger partial charge in [0.15, 0.2) is 0 Å². The molecule has 0 amide bonds. The van der Waals surface area contributed by atoms with Crippen LogP contribution in [0, 0.1) is 28.6 Å². The molecule has 1 aromatic heterocycles. The van der Waals surface area contributed by atoms with E-state index in [-0.39, 0.29) is 16.9 Å². The molecule has 220 valence electrons. The van der Waals surface area contributed by atoms with E-state index in [1.54, 1.807) is 11.1 Å². The SMILES string of the molecule is CC1(C)COCCCC2=C3C(c4cccc(/C=C/c5cccnc5)c4)CC4(C)C(O)CCC4C3CCC2CCOC1. The second-order valence-electron chi connectivity index (χ2n) is 14.3. The van der Waals surface area contributed by atoms with Crippen LogP contribution in [-0.4, -0.2) is 42.6 Å². The highest BCUT2D eigenvalue weighted by molar-refractivity contribution is 5.69. The summed E-state index contributed by atoms with van der Waals surface area (Å²) in [6.07, 6.45) is 16.9. The Balaban J connectivity index is 1.37. The van der Waals surface area contributed by atoms with E-state index in [4.69, 9.17) is 9.47 Å². The van der Waals surface area contributed by atoms with Crippen LogP contribution in [0.2, 0.25) is 0 Å². The van der Waals surface area contributed by atoms with Crippen molar-refractivity contribution in [2.24, 2.45) is 28.6 Å². The molecule has 3 fully saturated rings. The van der Waals surface area contributed by atoms with Crippen molar-refractivity contribution in [2.75, 3.05) is 26.4 Å². The third-order valence-corrected chi connectivity index (χ3v) is 10.8. The van der Waals surface area contributed by atoms with E-state index < -0.39 is 0 Å². The minimum absolute atomic E-state index is 0.0169. The van der Waals surface area contributed by atoms with E-state index >= 15 is 0 Å². The topological polar surface area (TPSA) is 51.6 Å². The molecule has 1 saturated heterocycles. The molecular formula is C37H49NO3. The van der Waals surface area contributed by atoms with Crippen LogP contribution in [0.5, 0.6) is 0 Å². The van der Waals surface area contributed by atoms with Crippen molar-refractivity contribution < 1.29 is 14.6 Å². The van der Waals surface area contributed by atoms with Gasteiger partial charge >= 0.3 is 0 Å². The Morgan fingerprint density at radius 3 is 2.54 bits per heavy atom. The third kappa shape index (κ3) is 6.12. The summed E-state index contributed by atoms with van der Waals surface area (Å²) in [5.41, 5.74) is 7.23. The van der Waals surface area contributed by atoms with Gasteiger partial charge in [0.1, 0.15) is 0 Å². The highest BCUT2D eigenvalue weighted by Crippen LogP contribution is 2.63. The van der Waals surface area contributed by atoms with Gasteiger partial charge in [-0.3, -0.25) is 4.98 Å². The molecule has 1 N–H and O–H groups in total. The lowest BCUT2D eigenvalue weighted by Gasteiger charge is -2.52. The number of rotatable bonds is 3. The monoisotopic (exact) mass is 555 g/mol. The molecule has 0 bridgehead atoms. The molecule has 0 spiro atoms. The Bertz CT molecular complexity index is 1250. The van der Waals surface area contributed by atoms with Crippen LogP contribution < -0.4 is 0 Å². The quantitative estimate of drug-likeness (QED) is 0.389. The Labute approximate surface area is 247 Å². The number of aliphatic hydroxyl groups is 1. The van der Waals surface area contributed by atoms with Crippen LogP contribution in [0.15, 0.2) is 59.9 Å². The number of aromatic nitrogens is 1. The van der Waals surface area contributed by atoms with Crippen LogP contribution in [0.1, 0.15) is 94.7 Å². The van der Waals surface area contributed by atoms with Gasteiger partial charge in [-0.05, 0) is 97.3 Å².